The van der Waals surface area contributed by atoms with E-state index in [9.17, 15) is 9.59 Å². The van der Waals surface area contributed by atoms with E-state index in [0.717, 1.165) is 12.8 Å². The molecule has 0 unspecified atom stereocenters. The first kappa shape index (κ1) is 19.8. The van der Waals surface area contributed by atoms with Gasteiger partial charge < -0.3 is 9.47 Å². The second-order valence-corrected chi connectivity index (χ2v) is 7.10. The van der Waals surface area contributed by atoms with Gasteiger partial charge in [0.1, 0.15) is 0 Å². The Labute approximate surface area is 147 Å². The Bertz CT molecular complexity index is 568. The van der Waals surface area contributed by atoms with Gasteiger partial charge in [-0.1, -0.05) is 37.0 Å². The molecule has 0 fully saturated rings. The van der Waals surface area contributed by atoms with Crippen LogP contribution >= 0.6 is 23.2 Å². The number of hydrogen-bond donors (Lipinski definition) is 0. The van der Waals surface area contributed by atoms with Crippen LogP contribution in [-0.4, -0.2) is 18.5 Å². The van der Waals surface area contributed by atoms with Gasteiger partial charge in [0.2, 0.25) is 0 Å². The summed E-state index contributed by atoms with van der Waals surface area (Å²) in [6.45, 7) is 7.39. The summed E-state index contributed by atoms with van der Waals surface area (Å²) in [6.07, 6.45) is 1.71. The number of rotatable bonds is 7. The molecule has 1 aromatic carbocycles. The fraction of sp³-hybridized carbons (Fsp3) is 0.529. The van der Waals surface area contributed by atoms with Crippen molar-refractivity contribution in [3.05, 3.63) is 28.2 Å². The van der Waals surface area contributed by atoms with Gasteiger partial charge in [-0.2, -0.15) is 0 Å². The molecule has 0 N–H and O–H groups in total. The number of esters is 2. The highest BCUT2D eigenvalue weighted by atomic mass is 35.5. The van der Waals surface area contributed by atoms with Crippen LogP contribution in [0.25, 0.3) is 0 Å². The van der Waals surface area contributed by atoms with Gasteiger partial charge in [0.05, 0.1) is 11.6 Å². The zero-order valence-electron chi connectivity index (χ0n) is 13.8. The maximum Gasteiger partial charge on any atom is 0.328 e. The molecule has 0 amide bonds. The molecule has 0 aliphatic heterocycles. The van der Waals surface area contributed by atoms with Gasteiger partial charge in [-0.25, -0.2) is 0 Å². The first-order valence-electron chi connectivity index (χ1n) is 7.49. The summed E-state index contributed by atoms with van der Waals surface area (Å²) in [5, 5.41) is 0.620. The standard InChI is InChI=1S/C17H22Cl2O4/c1-11(2)6-5-9-22-15(20)17(3,4)16(21)23-14-10-12(18)7-8-13(14)19/h7-8,10-11H,5-6,9H2,1-4H3. The highest BCUT2D eigenvalue weighted by Crippen LogP contribution is 2.30. The van der Waals surface area contributed by atoms with Crippen molar-refractivity contribution >= 4 is 35.1 Å². The molecule has 0 atom stereocenters. The Morgan fingerprint density at radius 2 is 1.83 bits per heavy atom. The number of carbonyl (C=O) groups is 2. The Morgan fingerprint density at radius 1 is 1.17 bits per heavy atom. The van der Waals surface area contributed by atoms with Gasteiger partial charge in [-0.05, 0) is 44.7 Å². The quantitative estimate of drug-likeness (QED) is 0.300. The largest absolute Gasteiger partial charge is 0.465 e. The van der Waals surface area contributed by atoms with E-state index in [0.29, 0.717) is 10.9 Å². The van der Waals surface area contributed by atoms with Crippen molar-refractivity contribution in [3.8, 4) is 5.75 Å². The van der Waals surface area contributed by atoms with Crippen molar-refractivity contribution in [2.24, 2.45) is 11.3 Å². The topological polar surface area (TPSA) is 52.6 Å². The van der Waals surface area contributed by atoms with Gasteiger partial charge in [0.15, 0.2) is 11.2 Å². The highest BCUT2D eigenvalue weighted by Gasteiger charge is 2.40. The first-order chi connectivity index (χ1) is 10.6. The Morgan fingerprint density at radius 3 is 2.43 bits per heavy atom. The van der Waals surface area contributed by atoms with Crippen LogP contribution < -0.4 is 4.74 Å². The monoisotopic (exact) mass is 360 g/mol. The molecule has 0 aromatic heterocycles. The van der Waals surface area contributed by atoms with Crippen LogP contribution in [0.3, 0.4) is 0 Å². The van der Waals surface area contributed by atoms with Crippen LogP contribution in [0.1, 0.15) is 40.5 Å². The van der Waals surface area contributed by atoms with Crippen LogP contribution in [0.15, 0.2) is 18.2 Å². The molecule has 1 rings (SSSR count). The molecule has 0 aliphatic rings. The van der Waals surface area contributed by atoms with Gasteiger partial charge in [-0.3, -0.25) is 9.59 Å². The molecule has 0 bridgehead atoms. The zero-order valence-corrected chi connectivity index (χ0v) is 15.3. The van der Waals surface area contributed by atoms with Gasteiger partial charge in [0, 0.05) is 11.1 Å². The molecule has 0 saturated carbocycles. The maximum atomic E-state index is 12.3. The third-order valence-corrected chi connectivity index (χ3v) is 3.82. The summed E-state index contributed by atoms with van der Waals surface area (Å²) in [7, 11) is 0. The predicted molar refractivity (Wildman–Crippen MR) is 90.9 cm³/mol. The molecule has 0 aliphatic carbocycles. The van der Waals surface area contributed by atoms with E-state index >= 15 is 0 Å². The Balaban J connectivity index is 2.65. The summed E-state index contributed by atoms with van der Waals surface area (Å²) < 4.78 is 10.4. The van der Waals surface area contributed by atoms with Crippen molar-refractivity contribution in [1.29, 1.82) is 0 Å². The lowest BCUT2D eigenvalue weighted by Crippen LogP contribution is -2.38. The molecule has 23 heavy (non-hydrogen) atoms. The van der Waals surface area contributed by atoms with Crippen molar-refractivity contribution in [1.82, 2.24) is 0 Å². The number of hydrogen-bond acceptors (Lipinski definition) is 4. The number of ether oxygens (including phenoxy) is 2. The van der Waals surface area contributed by atoms with Crippen LogP contribution in [-0.2, 0) is 14.3 Å². The van der Waals surface area contributed by atoms with Crippen molar-refractivity contribution < 1.29 is 19.1 Å². The predicted octanol–water partition coefficient (Wildman–Crippen LogP) is 4.90. The van der Waals surface area contributed by atoms with Crippen molar-refractivity contribution in [3.63, 3.8) is 0 Å². The lowest BCUT2D eigenvalue weighted by molar-refractivity contribution is -0.164. The fourth-order valence-corrected chi connectivity index (χ4v) is 2.02. The summed E-state index contributed by atoms with van der Waals surface area (Å²) >= 11 is 11.8. The van der Waals surface area contributed by atoms with Crippen LogP contribution in [0, 0.1) is 11.3 Å². The third-order valence-electron chi connectivity index (χ3n) is 3.28. The normalized spacial score (nSPS) is 11.4. The molecule has 4 nitrogen and oxygen atoms in total. The molecule has 6 heteroatoms. The van der Waals surface area contributed by atoms with Crippen LogP contribution in [0.4, 0.5) is 0 Å². The lowest BCUT2D eigenvalue weighted by Gasteiger charge is -2.21. The Hall–Kier alpha value is -1.26. The third kappa shape index (κ3) is 6.04. The van der Waals surface area contributed by atoms with Crippen LogP contribution in [0.2, 0.25) is 10.0 Å². The lowest BCUT2D eigenvalue weighted by atomic mass is 9.94. The van der Waals surface area contributed by atoms with E-state index in [-0.39, 0.29) is 17.4 Å². The summed E-state index contributed by atoms with van der Waals surface area (Å²) in [4.78, 5) is 24.4. The van der Waals surface area contributed by atoms with Crippen molar-refractivity contribution in [2.75, 3.05) is 6.61 Å². The molecule has 0 saturated heterocycles. The molecule has 0 spiro atoms. The number of halogens is 2. The molecule has 1 aromatic rings. The highest BCUT2D eigenvalue weighted by molar-refractivity contribution is 6.34. The van der Waals surface area contributed by atoms with Gasteiger partial charge in [0.25, 0.3) is 0 Å². The zero-order chi connectivity index (χ0) is 17.6. The van der Waals surface area contributed by atoms with Crippen molar-refractivity contribution in [2.45, 2.75) is 40.5 Å². The minimum Gasteiger partial charge on any atom is -0.465 e. The second kappa shape index (κ2) is 8.55. The SMILES string of the molecule is CC(C)CCCOC(=O)C(C)(C)C(=O)Oc1cc(Cl)ccc1Cl. The average molecular weight is 361 g/mol. The van der Waals surface area contributed by atoms with Crippen LogP contribution in [0.5, 0.6) is 5.75 Å². The smallest absolute Gasteiger partial charge is 0.328 e. The molecule has 128 valence electrons. The second-order valence-electron chi connectivity index (χ2n) is 6.26. The van der Waals surface area contributed by atoms with E-state index in [2.05, 4.69) is 13.8 Å². The molecular formula is C17H22Cl2O4. The van der Waals surface area contributed by atoms with E-state index in [1.54, 1.807) is 6.07 Å². The summed E-state index contributed by atoms with van der Waals surface area (Å²) in [6, 6.07) is 4.52. The maximum absolute atomic E-state index is 12.3. The van der Waals surface area contributed by atoms with Gasteiger partial charge in [-0.15, -0.1) is 0 Å². The number of benzene rings is 1. The van der Waals surface area contributed by atoms with E-state index < -0.39 is 17.4 Å². The van der Waals surface area contributed by atoms with E-state index in [1.807, 2.05) is 0 Å². The minimum absolute atomic E-state index is 0.116. The molecule has 0 heterocycles. The number of carbonyl (C=O) groups excluding carboxylic acids is 2. The van der Waals surface area contributed by atoms with E-state index in [4.69, 9.17) is 32.7 Å². The summed E-state index contributed by atoms with van der Waals surface area (Å²) in [5.74, 6) is -0.707. The summed E-state index contributed by atoms with van der Waals surface area (Å²) in [5.41, 5.74) is -1.43. The first-order valence-corrected chi connectivity index (χ1v) is 8.24. The fourth-order valence-electron chi connectivity index (χ4n) is 1.70. The van der Waals surface area contributed by atoms with E-state index in [1.165, 1.54) is 26.0 Å². The average Bonchev–Trinajstić information content (AvgIpc) is 2.46. The molecular weight excluding hydrogens is 339 g/mol. The Kier molecular flexibility index (Phi) is 7.36. The van der Waals surface area contributed by atoms with Gasteiger partial charge >= 0.3 is 11.9 Å². The minimum atomic E-state index is -1.43. The molecule has 0 radical (unpaired) electrons.